The Morgan fingerprint density at radius 2 is 1.42 bits per heavy atom. The van der Waals surface area contributed by atoms with Gasteiger partial charge in [0.2, 0.25) is 5.91 Å². The molecule has 4 aromatic rings. The first kappa shape index (κ1) is 24.6. The van der Waals surface area contributed by atoms with E-state index in [0.717, 1.165) is 10.6 Å². The summed E-state index contributed by atoms with van der Waals surface area (Å²) in [5, 5.41) is 8.28. The van der Waals surface area contributed by atoms with Crippen LogP contribution in [0.1, 0.15) is 16.1 Å². The van der Waals surface area contributed by atoms with Crippen LogP contribution in [-0.2, 0) is 9.59 Å². The third-order valence-corrected chi connectivity index (χ3v) is 5.91. The second-order valence-corrected chi connectivity index (χ2v) is 8.62. The van der Waals surface area contributed by atoms with Crippen LogP contribution in [0.5, 0.6) is 0 Å². The van der Waals surface area contributed by atoms with Crippen LogP contribution in [0.4, 0.5) is 11.4 Å². The zero-order valence-electron chi connectivity index (χ0n) is 19.1. The number of carbonyl (C=O) groups is 3. The predicted molar refractivity (Wildman–Crippen MR) is 141 cm³/mol. The maximum atomic E-state index is 13.0. The molecule has 0 unspecified atom stereocenters. The van der Waals surface area contributed by atoms with Gasteiger partial charge in [-0.15, -0.1) is 11.8 Å². The molecule has 0 bridgehead atoms. The van der Waals surface area contributed by atoms with Crippen molar-refractivity contribution in [1.82, 2.24) is 5.32 Å². The van der Waals surface area contributed by atoms with E-state index in [0.29, 0.717) is 17.0 Å². The van der Waals surface area contributed by atoms with E-state index < -0.39 is 11.8 Å². The van der Waals surface area contributed by atoms with E-state index in [4.69, 9.17) is 4.42 Å². The van der Waals surface area contributed by atoms with E-state index in [2.05, 4.69) is 16.0 Å². The van der Waals surface area contributed by atoms with Gasteiger partial charge in [-0.3, -0.25) is 14.4 Å². The second-order valence-electron chi connectivity index (χ2n) is 7.57. The standard InChI is InChI=1S/C28H23N3O4S/c32-26(29-21-10-5-2-6-11-21)19-36-24-15-13-22(14-16-24)30-28(34)25(18-23-12-7-17-35-23)31-27(33)20-8-3-1-4-9-20/h1-18H,19H2,(H,29,32)(H,30,34)(H,31,33)/b25-18-. The molecule has 0 aliphatic heterocycles. The number of hydrogen-bond donors (Lipinski definition) is 3. The number of amides is 3. The SMILES string of the molecule is O=C(CSc1ccc(NC(=O)/C(=C/c2ccco2)NC(=O)c2ccccc2)cc1)Nc1ccccc1. The van der Waals surface area contributed by atoms with Gasteiger partial charge in [-0.1, -0.05) is 36.4 Å². The Labute approximate surface area is 212 Å². The van der Waals surface area contributed by atoms with E-state index in [9.17, 15) is 14.4 Å². The number of benzene rings is 3. The quantitative estimate of drug-likeness (QED) is 0.212. The van der Waals surface area contributed by atoms with Gasteiger partial charge in [-0.2, -0.15) is 0 Å². The first-order chi connectivity index (χ1) is 17.6. The molecule has 0 saturated heterocycles. The van der Waals surface area contributed by atoms with E-state index in [1.807, 2.05) is 42.5 Å². The zero-order valence-corrected chi connectivity index (χ0v) is 20.0. The number of para-hydroxylation sites is 1. The lowest BCUT2D eigenvalue weighted by molar-refractivity contribution is -0.114. The van der Waals surface area contributed by atoms with Gasteiger partial charge in [-0.25, -0.2) is 0 Å². The van der Waals surface area contributed by atoms with Gasteiger partial charge in [0.1, 0.15) is 11.5 Å². The molecule has 0 fully saturated rings. The fraction of sp³-hybridized carbons (Fsp3) is 0.0357. The third-order valence-electron chi connectivity index (χ3n) is 4.90. The molecule has 36 heavy (non-hydrogen) atoms. The molecule has 0 atom stereocenters. The van der Waals surface area contributed by atoms with Gasteiger partial charge in [-0.05, 0) is 60.7 Å². The van der Waals surface area contributed by atoms with Crippen molar-refractivity contribution in [2.24, 2.45) is 0 Å². The lowest BCUT2D eigenvalue weighted by Crippen LogP contribution is -2.30. The van der Waals surface area contributed by atoms with Crippen molar-refractivity contribution in [3.63, 3.8) is 0 Å². The molecule has 0 aliphatic rings. The Bertz CT molecular complexity index is 1340. The summed E-state index contributed by atoms with van der Waals surface area (Å²) in [4.78, 5) is 38.6. The van der Waals surface area contributed by atoms with Crippen molar-refractivity contribution in [3.8, 4) is 0 Å². The molecule has 0 spiro atoms. The normalized spacial score (nSPS) is 10.9. The van der Waals surface area contributed by atoms with Crippen molar-refractivity contribution in [2.45, 2.75) is 4.90 Å². The second kappa shape index (κ2) is 12.2. The van der Waals surface area contributed by atoms with E-state index >= 15 is 0 Å². The molecule has 0 saturated carbocycles. The van der Waals surface area contributed by atoms with Crippen LogP contribution >= 0.6 is 11.8 Å². The van der Waals surface area contributed by atoms with Crippen LogP contribution in [0.3, 0.4) is 0 Å². The van der Waals surface area contributed by atoms with Crippen LogP contribution in [0.2, 0.25) is 0 Å². The van der Waals surface area contributed by atoms with Crippen molar-refractivity contribution in [1.29, 1.82) is 0 Å². The fourth-order valence-electron chi connectivity index (χ4n) is 3.16. The van der Waals surface area contributed by atoms with Gasteiger partial charge >= 0.3 is 0 Å². The molecule has 7 nitrogen and oxygen atoms in total. The highest BCUT2D eigenvalue weighted by Gasteiger charge is 2.16. The van der Waals surface area contributed by atoms with Gasteiger partial charge < -0.3 is 20.4 Å². The fourth-order valence-corrected chi connectivity index (χ4v) is 3.86. The minimum absolute atomic E-state index is 0.0369. The topological polar surface area (TPSA) is 100 Å². The summed E-state index contributed by atoms with van der Waals surface area (Å²) in [6, 6.07) is 28.4. The van der Waals surface area contributed by atoms with Crippen LogP contribution in [0.25, 0.3) is 6.08 Å². The Morgan fingerprint density at radius 1 is 0.750 bits per heavy atom. The van der Waals surface area contributed by atoms with Gasteiger partial charge in [0.25, 0.3) is 11.8 Å². The summed E-state index contributed by atoms with van der Waals surface area (Å²) in [5.74, 6) is -0.343. The zero-order chi connectivity index (χ0) is 25.2. The molecule has 4 rings (SSSR count). The Kier molecular flexibility index (Phi) is 8.35. The number of hydrogen-bond acceptors (Lipinski definition) is 5. The molecule has 1 aromatic heterocycles. The van der Waals surface area contributed by atoms with Crippen molar-refractivity contribution >= 4 is 46.9 Å². The van der Waals surface area contributed by atoms with E-state index in [1.165, 1.54) is 24.1 Å². The predicted octanol–water partition coefficient (Wildman–Crippen LogP) is 5.42. The number of anilines is 2. The van der Waals surface area contributed by atoms with Crippen molar-refractivity contribution in [2.75, 3.05) is 16.4 Å². The molecule has 1 heterocycles. The lowest BCUT2D eigenvalue weighted by atomic mass is 10.2. The summed E-state index contributed by atoms with van der Waals surface area (Å²) in [6.07, 6.45) is 2.95. The maximum Gasteiger partial charge on any atom is 0.272 e. The average Bonchev–Trinajstić information content (AvgIpc) is 3.42. The van der Waals surface area contributed by atoms with Crippen LogP contribution < -0.4 is 16.0 Å². The minimum Gasteiger partial charge on any atom is -0.465 e. The molecule has 3 amide bonds. The molecule has 3 N–H and O–H groups in total. The molecule has 8 heteroatoms. The van der Waals surface area contributed by atoms with Crippen LogP contribution in [0.15, 0.2) is 118 Å². The first-order valence-corrected chi connectivity index (χ1v) is 12.1. The van der Waals surface area contributed by atoms with E-state index in [-0.39, 0.29) is 17.4 Å². The highest BCUT2D eigenvalue weighted by Crippen LogP contribution is 2.21. The summed E-state index contributed by atoms with van der Waals surface area (Å²) in [6.45, 7) is 0. The largest absolute Gasteiger partial charge is 0.465 e. The first-order valence-electron chi connectivity index (χ1n) is 11.1. The van der Waals surface area contributed by atoms with Gasteiger partial charge in [0.05, 0.1) is 12.0 Å². The van der Waals surface area contributed by atoms with Crippen LogP contribution in [0, 0.1) is 0 Å². The van der Waals surface area contributed by atoms with E-state index in [1.54, 1.807) is 54.6 Å². The Balaban J connectivity index is 1.37. The number of rotatable bonds is 9. The molecular formula is C28H23N3O4S. The Hall–Kier alpha value is -4.56. The highest BCUT2D eigenvalue weighted by molar-refractivity contribution is 8.00. The van der Waals surface area contributed by atoms with Gasteiger partial charge in [0, 0.05) is 27.9 Å². The molecule has 0 radical (unpaired) electrons. The molecular weight excluding hydrogens is 474 g/mol. The Morgan fingerprint density at radius 3 is 2.08 bits per heavy atom. The monoisotopic (exact) mass is 497 g/mol. The highest BCUT2D eigenvalue weighted by atomic mass is 32.2. The maximum absolute atomic E-state index is 13.0. The van der Waals surface area contributed by atoms with Crippen LogP contribution in [-0.4, -0.2) is 23.5 Å². The lowest BCUT2D eigenvalue weighted by Gasteiger charge is -2.11. The molecule has 3 aromatic carbocycles. The summed E-state index contributed by atoms with van der Waals surface area (Å²) in [7, 11) is 0. The molecule has 0 aliphatic carbocycles. The number of thioether (sulfide) groups is 1. The summed E-state index contributed by atoms with van der Waals surface area (Å²) >= 11 is 1.38. The summed E-state index contributed by atoms with van der Waals surface area (Å²) in [5.41, 5.74) is 1.75. The number of carbonyl (C=O) groups excluding carboxylic acids is 3. The minimum atomic E-state index is -0.502. The summed E-state index contributed by atoms with van der Waals surface area (Å²) < 4.78 is 5.31. The van der Waals surface area contributed by atoms with Gasteiger partial charge in [0.15, 0.2) is 0 Å². The smallest absolute Gasteiger partial charge is 0.272 e. The molecule has 180 valence electrons. The number of nitrogens with one attached hydrogen (secondary N) is 3. The van der Waals surface area contributed by atoms with Crippen molar-refractivity contribution < 1.29 is 18.8 Å². The third kappa shape index (κ3) is 7.22. The number of furan rings is 1. The van der Waals surface area contributed by atoms with Crippen molar-refractivity contribution in [3.05, 3.63) is 120 Å². The average molecular weight is 498 g/mol.